The molecule has 0 radical (unpaired) electrons. The maximum absolute atomic E-state index is 11.4. The van der Waals surface area contributed by atoms with Gasteiger partial charge in [0.15, 0.2) is 5.65 Å². The molecule has 0 fully saturated rings. The van der Waals surface area contributed by atoms with Crippen molar-refractivity contribution in [2.24, 2.45) is 5.18 Å². The van der Waals surface area contributed by atoms with Gasteiger partial charge in [0, 0.05) is 40.2 Å². The number of pyridine rings is 1. The molecule has 1 unspecified atom stereocenters. The van der Waals surface area contributed by atoms with Crippen LogP contribution >= 0.6 is 0 Å². The molecule has 2 aromatic carbocycles. The normalized spacial score (nSPS) is 15.0. The number of hydrogen-bond acceptors (Lipinski definition) is 6. The lowest BCUT2D eigenvalue weighted by molar-refractivity contribution is 0.474. The topological polar surface area (TPSA) is 106 Å². The van der Waals surface area contributed by atoms with Gasteiger partial charge in [-0.1, -0.05) is 18.2 Å². The summed E-state index contributed by atoms with van der Waals surface area (Å²) in [5.41, 5.74) is 5.27. The molecule has 0 aliphatic carbocycles. The number of phenolic OH excluding ortho intramolecular Hbond substituents is 1. The van der Waals surface area contributed by atoms with E-state index in [9.17, 15) is 10.0 Å². The van der Waals surface area contributed by atoms with Crippen LogP contribution in [0.25, 0.3) is 22.2 Å². The Labute approximate surface area is 154 Å². The van der Waals surface area contributed by atoms with Gasteiger partial charge in [-0.3, -0.25) is 4.68 Å². The molecule has 0 spiro atoms. The maximum atomic E-state index is 11.4. The molecule has 3 heterocycles. The monoisotopic (exact) mass is 357 g/mol. The van der Waals surface area contributed by atoms with Gasteiger partial charge >= 0.3 is 0 Å². The molecule has 1 aliphatic rings. The highest BCUT2D eigenvalue weighted by molar-refractivity contribution is 6.01. The van der Waals surface area contributed by atoms with E-state index in [1.807, 2.05) is 30.3 Å². The molecule has 0 saturated heterocycles. The van der Waals surface area contributed by atoms with E-state index in [2.05, 4.69) is 15.5 Å². The zero-order chi connectivity index (χ0) is 18.5. The number of para-hydroxylation sites is 1. The first-order valence-corrected chi connectivity index (χ1v) is 8.44. The van der Waals surface area contributed by atoms with Crippen LogP contribution < -0.4 is 11.2 Å². The number of benzene rings is 2. The van der Waals surface area contributed by atoms with Gasteiger partial charge in [-0.2, -0.15) is 0 Å². The van der Waals surface area contributed by atoms with E-state index in [-0.39, 0.29) is 11.4 Å². The van der Waals surface area contributed by atoms with Gasteiger partial charge < -0.3 is 16.3 Å². The van der Waals surface area contributed by atoms with Crippen LogP contribution in [0.5, 0.6) is 5.75 Å². The van der Waals surface area contributed by atoms with Gasteiger partial charge in [0.1, 0.15) is 11.4 Å². The number of phenols is 1. The van der Waals surface area contributed by atoms with Gasteiger partial charge in [-0.25, -0.2) is 4.98 Å². The summed E-state index contributed by atoms with van der Waals surface area (Å²) < 4.78 is 1.48. The van der Waals surface area contributed by atoms with Crippen LogP contribution in [0.1, 0.15) is 17.2 Å². The first kappa shape index (κ1) is 15.4. The van der Waals surface area contributed by atoms with E-state index in [1.54, 1.807) is 18.5 Å². The fourth-order valence-electron chi connectivity index (χ4n) is 3.83. The van der Waals surface area contributed by atoms with Gasteiger partial charge in [0.05, 0.1) is 6.04 Å². The Morgan fingerprint density at radius 2 is 1.96 bits per heavy atom. The van der Waals surface area contributed by atoms with E-state index in [0.717, 1.165) is 27.8 Å². The van der Waals surface area contributed by atoms with Crippen LogP contribution in [0.3, 0.4) is 0 Å². The van der Waals surface area contributed by atoms with Crippen molar-refractivity contribution in [2.75, 3.05) is 11.2 Å². The third kappa shape index (κ3) is 2.18. The molecule has 4 aromatic rings. The van der Waals surface area contributed by atoms with Crippen LogP contribution in [0.15, 0.2) is 66.1 Å². The number of rotatable bonds is 2. The highest BCUT2D eigenvalue weighted by Crippen LogP contribution is 2.45. The molecule has 4 N–H and O–H groups in total. The number of aromatic hydroxyl groups is 1. The van der Waals surface area contributed by atoms with Gasteiger partial charge in [-0.05, 0) is 41.1 Å². The lowest BCUT2D eigenvalue weighted by atomic mass is 9.96. The summed E-state index contributed by atoms with van der Waals surface area (Å²) in [4.78, 5) is 15.8. The Morgan fingerprint density at radius 1 is 1.11 bits per heavy atom. The number of aromatic nitrogens is 2. The molecule has 0 amide bonds. The fraction of sp³-hybridized carbons (Fsp3) is 0.0500. The summed E-state index contributed by atoms with van der Waals surface area (Å²) in [6.07, 6.45) is 3.53. The number of nitrogen functional groups attached to an aromatic ring is 1. The lowest BCUT2D eigenvalue weighted by Gasteiger charge is -2.20. The molecule has 5 rings (SSSR count). The Hall–Kier alpha value is -3.87. The Bertz CT molecular complexity index is 1210. The Kier molecular flexibility index (Phi) is 3.17. The van der Waals surface area contributed by atoms with Crippen LogP contribution in [0, 0.1) is 4.91 Å². The van der Waals surface area contributed by atoms with Crippen LogP contribution in [-0.4, -0.2) is 14.8 Å². The summed E-state index contributed by atoms with van der Waals surface area (Å²) >= 11 is 0. The quantitative estimate of drug-likeness (QED) is 0.371. The molecule has 1 aliphatic heterocycles. The van der Waals surface area contributed by atoms with Crippen molar-refractivity contribution < 1.29 is 5.11 Å². The minimum Gasteiger partial charge on any atom is -0.508 e. The van der Waals surface area contributed by atoms with E-state index >= 15 is 0 Å². The minimum atomic E-state index is -0.427. The third-order valence-electron chi connectivity index (χ3n) is 4.99. The zero-order valence-corrected chi connectivity index (χ0v) is 14.1. The maximum Gasteiger partial charge on any atom is 0.159 e. The third-order valence-corrected chi connectivity index (χ3v) is 4.99. The second kappa shape index (κ2) is 5.57. The number of fused-ring (bicyclic) bond motifs is 2. The van der Waals surface area contributed by atoms with E-state index in [4.69, 9.17) is 5.84 Å². The summed E-state index contributed by atoms with van der Waals surface area (Å²) in [7, 11) is 0. The summed E-state index contributed by atoms with van der Waals surface area (Å²) in [6.45, 7) is 0. The summed E-state index contributed by atoms with van der Waals surface area (Å²) in [5, 5.41) is 17.6. The van der Waals surface area contributed by atoms with E-state index in [0.29, 0.717) is 11.2 Å². The van der Waals surface area contributed by atoms with Crippen molar-refractivity contribution in [2.45, 2.75) is 6.04 Å². The highest BCUT2D eigenvalue weighted by Gasteiger charge is 2.29. The van der Waals surface area contributed by atoms with Gasteiger partial charge in [0.2, 0.25) is 0 Å². The molecule has 0 saturated carbocycles. The predicted molar refractivity (Wildman–Crippen MR) is 104 cm³/mol. The molecule has 2 aromatic heterocycles. The van der Waals surface area contributed by atoms with Crippen LogP contribution in [-0.2, 0) is 0 Å². The first-order chi connectivity index (χ1) is 13.2. The second-order valence-electron chi connectivity index (χ2n) is 6.51. The standard InChI is InChI=1S/C20H15N5O2/c21-25-10-15-18-13(7-8-22-20(18)25)12-3-1-2-4-16(12)23-19(15)14-9-11(26)5-6-17(14)24-27/h1-10,19,23,26H,21H2. The van der Waals surface area contributed by atoms with Gasteiger partial charge in [0.25, 0.3) is 0 Å². The predicted octanol–water partition coefficient (Wildman–Crippen LogP) is 4.04. The van der Waals surface area contributed by atoms with Crippen molar-refractivity contribution in [1.29, 1.82) is 0 Å². The summed E-state index contributed by atoms with van der Waals surface area (Å²) in [6, 6.07) is 14.0. The Morgan fingerprint density at radius 3 is 2.81 bits per heavy atom. The smallest absolute Gasteiger partial charge is 0.159 e. The second-order valence-corrected chi connectivity index (χ2v) is 6.51. The van der Waals surface area contributed by atoms with E-state index < -0.39 is 6.04 Å². The molecule has 0 bridgehead atoms. The molecule has 7 nitrogen and oxygen atoms in total. The summed E-state index contributed by atoms with van der Waals surface area (Å²) in [5.74, 6) is 6.21. The molecule has 27 heavy (non-hydrogen) atoms. The van der Waals surface area contributed by atoms with Crippen LogP contribution in [0.2, 0.25) is 0 Å². The van der Waals surface area contributed by atoms with Crippen LogP contribution in [0.4, 0.5) is 11.4 Å². The van der Waals surface area contributed by atoms with Crippen molar-refractivity contribution >= 4 is 22.4 Å². The number of nitrogens with zero attached hydrogens (tertiary/aromatic N) is 3. The van der Waals surface area contributed by atoms with Crippen molar-refractivity contribution in [1.82, 2.24) is 9.66 Å². The molecule has 1 atom stereocenters. The highest BCUT2D eigenvalue weighted by atomic mass is 16.3. The number of nitroso groups, excluding NO2 is 1. The average molecular weight is 357 g/mol. The lowest BCUT2D eigenvalue weighted by Crippen LogP contribution is -2.12. The minimum absolute atomic E-state index is 0.0616. The van der Waals surface area contributed by atoms with Crippen molar-refractivity contribution in [3.63, 3.8) is 0 Å². The molecule has 7 heteroatoms. The average Bonchev–Trinajstić information content (AvgIpc) is 2.95. The largest absolute Gasteiger partial charge is 0.508 e. The van der Waals surface area contributed by atoms with Crippen molar-refractivity contribution in [3.05, 3.63) is 77.0 Å². The number of hydrogen-bond donors (Lipinski definition) is 3. The molecule has 132 valence electrons. The number of nitrogens with two attached hydrogens (primary N) is 1. The Balaban J connectivity index is 1.89. The molecular formula is C20H15N5O2. The van der Waals surface area contributed by atoms with E-state index in [1.165, 1.54) is 16.8 Å². The zero-order valence-electron chi connectivity index (χ0n) is 14.1. The van der Waals surface area contributed by atoms with Crippen molar-refractivity contribution in [3.8, 4) is 16.9 Å². The number of anilines is 1. The molecular weight excluding hydrogens is 342 g/mol. The number of nitrogens with one attached hydrogen (secondary N) is 1. The first-order valence-electron chi connectivity index (χ1n) is 8.44. The SMILES string of the molecule is Nn1cc2c3c(ccnc31)-c1ccccc1NC2c1cc(O)ccc1N=O. The van der Waals surface area contributed by atoms with Gasteiger partial charge in [-0.15, -0.1) is 4.91 Å². The fourth-order valence-corrected chi connectivity index (χ4v) is 3.83.